The number of halogens is 2. The van der Waals surface area contributed by atoms with Crippen LogP contribution in [0.5, 0.6) is 0 Å². The number of hydrogen-bond donors (Lipinski definition) is 1. The van der Waals surface area contributed by atoms with E-state index in [4.69, 9.17) is 26.1 Å². The van der Waals surface area contributed by atoms with Crippen molar-refractivity contribution in [2.45, 2.75) is 38.0 Å². The van der Waals surface area contributed by atoms with Gasteiger partial charge in [-0.1, -0.05) is 29.8 Å². The predicted molar refractivity (Wildman–Crippen MR) is 131 cm³/mol. The minimum atomic E-state index is -0.0689. The minimum Gasteiger partial charge on any atom is -0.381 e. The number of nitrogens with zero attached hydrogens (tertiary/aromatic N) is 2. The molecule has 1 aromatic rings. The molecule has 29 heavy (non-hydrogen) atoms. The zero-order valence-corrected chi connectivity index (χ0v) is 20.7. The summed E-state index contributed by atoms with van der Waals surface area (Å²) < 4.78 is 11.4. The van der Waals surface area contributed by atoms with Gasteiger partial charge in [0.05, 0.1) is 13.2 Å². The van der Waals surface area contributed by atoms with Crippen LogP contribution in [0.1, 0.15) is 38.2 Å². The Morgan fingerprint density at radius 3 is 2.69 bits per heavy atom. The molecule has 3 rings (SSSR count). The molecule has 0 amide bonds. The van der Waals surface area contributed by atoms with Gasteiger partial charge in [0, 0.05) is 50.4 Å². The fraction of sp³-hybridized carbons (Fsp3) is 0.682. The Morgan fingerprint density at radius 2 is 2.03 bits per heavy atom. The van der Waals surface area contributed by atoms with E-state index in [1.54, 1.807) is 0 Å². The second-order valence-corrected chi connectivity index (χ2v) is 8.39. The van der Waals surface area contributed by atoms with Gasteiger partial charge in [-0.15, -0.1) is 24.0 Å². The van der Waals surface area contributed by atoms with Gasteiger partial charge in [0.15, 0.2) is 5.96 Å². The molecule has 0 radical (unpaired) electrons. The minimum absolute atomic E-state index is 0. The number of hydrogen-bond acceptors (Lipinski definition) is 3. The molecule has 0 aromatic heterocycles. The predicted octanol–water partition coefficient (Wildman–Crippen LogP) is 4.33. The van der Waals surface area contributed by atoms with Crippen molar-refractivity contribution in [1.29, 1.82) is 0 Å². The van der Waals surface area contributed by atoms with Crippen molar-refractivity contribution in [3.05, 3.63) is 34.9 Å². The summed E-state index contributed by atoms with van der Waals surface area (Å²) in [6.45, 7) is 7.62. The van der Waals surface area contributed by atoms with Crippen LogP contribution in [0.15, 0.2) is 29.3 Å². The molecule has 2 fully saturated rings. The number of aliphatic imine (C=N–C) groups is 1. The Kier molecular flexibility index (Phi) is 10.5. The van der Waals surface area contributed by atoms with Crippen LogP contribution in [0.4, 0.5) is 0 Å². The van der Waals surface area contributed by atoms with Crippen molar-refractivity contribution >= 4 is 41.5 Å². The molecule has 1 aliphatic heterocycles. The summed E-state index contributed by atoms with van der Waals surface area (Å²) in [5.41, 5.74) is 1.12. The summed E-state index contributed by atoms with van der Waals surface area (Å²) >= 11 is 6.57. The lowest BCUT2D eigenvalue weighted by molar-refractivity contribution is 0.0530. The first-order valence-corrected chi connectivity index (χ1v) is 10.9. The van der Waals surface area contributed by atoms with Gasteiger partial charge in [-0.3, -0.25) is 4.99 Å². The van der Waals surface area contributed by atoms with Crippen molar-refractivity contribution in [3.63, 3.8) is 0 Å². The van der Waals surface area contributed by atoms with Gasteiger partial charge in [0.1, 0.15) is 0 Å². The summed E-state index contributed by atoms with van der Waals surface area (Å²) in [6.07, 6.45) is 4.53. The van der Waals surface area contributed by atoms with E-state index < -0.39 is 0 Å². The molecule has 0 atom stereocenters. The Hall–Kier alpha value is -0.570. The summed E-state index contributed by atoms with van der Waals surface area (Å²) in [5.74, 6) is 1.73. The SMILES string of the molecule is CCNC(=NCC1(c2ccccc2Cl)CCOCC1)N(C)CCOCC1CC1.I. The van der Waals surface area contributed by atoms with E-state index in [2.05, 4.69) is 36.3 Å². The van der Waals surface area contributed by atoms with Crippen LogP contribution in [0.25, 0.3) is 0 Å². The van der Waals surface area contributed by atoms with Crippen molar-refractivity contribution in [3.8, 4) is 0 Å². The standard InChI is InChI=1S/C22H34ClN3O2.HI/c1-3-24-21(26(2)12-15-28-16-18-8-9-18)25-17-22(10-13-27-14-11-22)19-6-4-5-7-20(19)23;/h4-7,18H,3,8-17H2,1-2H3,(H,24,25);1H. The average molecular weight is 536 g/mol. The van der Waals surface area contributed by atoms with Crippen molar-refractivity contribution in [2.24, 2.45) is 10.9 Å². The van der Waals surface area contributed by atoms with E-state index in [9.17, 15) is 0 Å². The molecule has 7 heteroatoms. The Labute approximate surface area is 197 Å². The number of benzene rings is 1. The van der Waals surface area contributed by atoms with Crippen LogP contribution >= 0.6 is 35.6 Å². The number of likely N-dealkylation sites (N-methyl/N-ethyl adjacent to an activating group) is 1. The van der Waals surface area contributed by atoms with Gasteiger partial charge in [0.2, 0.25) is 0 Å². The maximum absolute atomic E-state index is 6.57. The lowest BCUT2D eigenvalue weighted by Crippen LogP contribution is -2.43. The molecule has 2 aliphatic rings. The van der Waals surface area contributed by atoms with Crippen LogP contribution in [0.3, 0.4) is 0 Å². The number of nitrogens with one attached hydrogen (secondary N) is 1. The van der Waals surface area contributed by atoms with Crippen molar-refractivity contribution < 1.29 is 9.47 Å². The molecule has 0 unspecified atom stereocenters. The molecule has 164 valence electrons. The van der Waals surface area contributed by atoms with Gasteiger partial charge in [-0.05, 0) is 50.2 Å². The second kappa shape index (κ2) is 12.3. The lowest BCUT2D eigenvalue weighted by atomic mass is 9.74. The van der Waals surface area contributed by atoms with Gasteiger partial charge in [-0.25, -0.2) is 0 Å². The Balaban J connectivity index is 0.00000300. The quantitative estimate of drug-likeness (QED) is 0.221. The maximum Gasteiger partial charge on any atom is 0.193 e. The monoisotopic (exact) mass is 535 g/mol. The molecule has 1 N–H and O–H groups in total. The molecular weight excluding hydrogens is 501 g/mol. The van der Waals surface area contributed by atoms with Crippen LogP contribution < -0.4 is 5.32 Å². The number of ether oxygens (including phenoxy) is 2. The summed E-state index contributed by atoms with van der Waals surface area (Å²) in [5, 5.41) is 4.25. The number of rotatable bonds is 9. The normalized spacial score (nSPS) is 18.8. The first-order valence-electron chi connectivity index (χ1n) is 10.5. The van der Waals surface area contributed by atoms with Gasteiger partial charge < -0.3 is 19.7 Å². The van der Waals surface area contributed by atoms with Crippen molar-refractivity contribution in [2.75, 3.05) is 53.1 Å². The highest BCUT2D eigenvalue weighted by Gasteiger charge is 2.36. The average Bonchev–Trinajstić information content (AvgIpc) is 3.54. The lowest BCUT2D eigenvalue weighted by Gasteiger charge is -2.37. The third-order valence-corrected chi connectivity index (χ3v) is 6.07. The second-order valence-electron chi connectivity index (χ2n) is 7.98. The molecule has 1 saturated heterocycles. The van der Waals surface area contributed by atoms with E-state index in [0.29, 0.717) is 6.54 Å². The van der Waals surface area contributed by atoms with E-state index in [1.165, 1.54) is 18.4 Å². The zero-order chi connectivity index (χ0) is 19.8. The molecule has 5 nitrogen and oxygen atoms in total. The third kappa shape index (κ3) is 7.26. The third-order valence-electron chi connectivity index (χ3n) is 5.74. The molecule has 0 bridgehead atoms. The number of guanidine groups is 1. The molecule has 1 aromatic carbocycles. The largest absolute Gasteiger partial charge is 0.381 e. The van der Waals surface area contributed by atoms with Crippen molar-refractivity contribution in [1.82, 2.24) is 10.2 Å². The highest BCUT2D eigenvalue weighted by atomic mass is 127. The molecular formula is C22H35ClIN3O2. The zero-order valence-electron chi connectivity index (χ0n) is 17.7. The topological polar surface area (TPSA) is 46.1 Å². The van der Waals surface area contributed by atoms with Crippen LogP contribution in [0.2, 0.25) is 5.02 Å². The summed E-state index contributed by atoms with van der Waals surface area (Å²) in [7, 11) is 2.08. The maximum atomic E-state index is 6.57. The smallest absolute Gasteiger partial charge is 0.193 e. The van der Waals surface area contributed by atoms with Crippen LogP contribution in [0, 0.1) is 5.92 Å². The fourth-order valence-corrected chi connectivity index (χ4v) is 4.04. The molecule has 1 aliphatic carbocycles. The highest BCUT2D eigenvalue weighted by Crippen LogP contribution is 2.39. The van der Waals surface area contributed by atoms with Crippen LogP contribution in [-0.4, -0.2) is 64.0 Å². The van der Waals surface area contributed by atoms with E-state index >= 15 is 0 Å². The molecule has 1 saturated carbocycles. The van der Waals surface area contributed by atoms with E-state index in [0.717, 1.165) is 69.3 Å². The van der Waals surface area contributed by atoms with Crippen LogP contribution in [-0.2, 0) is 14.9 Å². The fourth-order valence-electron chi connectivity index (χ4n) is 3.70. The Morgan fingerprint density at radius 1 is 1.31 bits per heavy atom. The first kappa shape index (κ1) is 24.7. The summed E-state index contributed by atoms with van der Waals surface area (Å²) in [4.78, 5) is 7.18. The van der Waals surface area contributed by atoms with E-state index in [-0.39, 0.29) is 29.4 Å². The van der Waals surface area contributed by atoms with Gasteiger partial charge in [-0.2, -0.15) is 0 Å². The Bertz CT molecular complexity index is 649. The van der Waals surface area contributed by atoms with Gasteiger partial charge in [0.25, 0.3) is 0 Å². The molecule has 1 heterocycles. The molecule has 0 spiro atoms. The highest BCUT2D eigenvalue weighted by molar-refractivity contribution is 14.0. The summed E-state index contributed by atoms with van der Waals surface area (Å²) in [6, 6.07) is 8.18. The first-order chi connectivity index (χ1) is 13.6. The van der Waals surface area contributed by atoms with E-state index in [1.807, 2.05) is 12.1 Å². The van der Waals surface area contributed by atoms with Gasteiger partial charge >= 0.3 is 0 Å².